The molecule has 0 radical (unpaired) electrons. The van der Waals surface area contributed by atoms with Gasteiger partial charge in [-0.25, -0.2) is 9.97 Å². The van der Waals surface area contributed by atoms with Gasteiger partial charge in [-0.3, -0.25) is 0 Å². The molecule has 1 saturated carbocycles. The van der Waals surface area contributed by atoms with E-state index in [0.717, 1.165) is 29.8 Å². The molecule has 0 bridgehead atoms. The third-order valence-electron chi connectivity index (χ3n) is 5.47. The number of hydrogen-bond donors (Lipinski definition) is 0. The summed E-state index contributed by atoms with van der Waals surface area (Å²) >= 11 is 1.83. The predicted molar refractivity (Wildman–Crippen MR) is 94.4 cm³/mol. The lowest BCUT2D eigenvalue weighted by Gasteiger charge is -2.32. The maximum absolute atomic E-state index is 6.18. The first-order chi connectivity index (χ1) is 11.2. The molecule has 2 aliphatic rings. The molecule has 4 rings (SSSR count). The predicted octanol–water partition coefficient (Wildman–Crippen LogP) is 3.68. The Bertz CT molecular complexity index is 689. The van der Waals surface area contributed by atoms with Crippen LogP contribution < -0.4 is 4.74 Å². The second-order valence-corrected chi connectivity index (χ2v) is 8.25. The fraction of sp³-hybridized carbons (Fsp3) is 0.667. The van der Waals surface area contributed by atoms with Crippen LogP contribution in [0.2, 0.25) is 0 Å². The van der Waals surface area contributed by atoms with Crippen molar-refractivity contribution in [3.63, 3.8) is 0 Å². The van der Waals surface area contributed by atoms with E-state index in [1.165, 1.54) is 54.4 Å². The van der Waals surface area contributed by atoms with E-state index < -0.39 is 0 Å². The highest BCUT2D eigenvalue weighted by Crippen LogP contribution is 2.40. The van der Waals surface area contributed by atoms with Gasteiger partial charge in [0.1, 0.15) is 11.2 Å². The first-order valence-electron chi connectivity index (χ1n) is 8.77. The van der Waals surface area contributed by atoms with E-state index in [1.807, 2.05) is 11.3 Å². The smallest absolute Gasteiger partial charge is 0.225 e. The Morgan fingerprint density at radius 1 is 1.17 bits per heavy atom. The molecule has 2 aliphatic carbocycles. The van der Waals surface area contributed by atoms with Crippen LogP contribution in [0.15, 0.2) is 6.33 Å². The molecule has 5 heteroatoms. The molecule has 0 unspecified atom stereocenters. The molecule has 0 N–H and O–H groups in total. The second-order valence-electron chi connectivity index (χ2n) is 7.17. The summed E-state index contributed by atoms with van der Waals surface area (Å²) in [6.07, 6.45) is 10.4. The van der Waals surface area contributed by atoms with E-state index in [9.17, 15) is 0 Å². The van der Waals surface area contributed by atoms with E-state index in [0.29, 0.717) is 5.92 Å². The Balaban J connectivity index is 1.45. The summed E-state index contributed by atoms with van der Waals surface area (Å²) in [5.41, 5.74) is 1.46. The Hall–Kier alpha value is -1.20. The largest absolute Gasteiger partial charge is 0.477 e. The molecule has 0 spiro atoms. The molecule has 2 heterocycles. The van der Waals surface area contributed by atoms with E-state index >= 15 is 0 Å². The van der Waals surface area contributed by atoms with E-state index in [4.69, 9.17) is 4.74 Å². The fourth-order valence-corrected chi connectivity index (χ4v) is 5.25. The summed E-state index contributed by atoms with van der Waals surface area (Å²) in [6, 6.07) is 0.747. The number of nitrogens with zero attached hydrogens (tertiary/aromatic N) is 3. The lowest BCUT2D eigenvalue weighted by Crippen LogP contribution is -2.33. The molecule has 0 amide bonds. The fourth-order valence-electron chi connectivity index (χ4n) is 4.03. The molecule has 0 aromatic carbocycles. The van der Waals surface area contributed by atoms with Crippen LogP contribution >= 0.6 is 11.3 Å². The summed E-state index contributed by atoms with van der Waals surface area (Å²) in [7, 11) is 4.38. The lowest BCUT2D eigenvalue weighted by molar-refractivity contribution is 0.150. The van der Waals surface area contributed by atoms with Crippen molar-refractivity contribution in [1.29, 1.82) is 0 Å². The quantitative estimate of drug-likeness (QED) is 0.856. The average Bonchev–Trinajstić information content (AvgIpc) is 3.14. The van der Waals surface area contributed by atoms with Gasteiger partial charge in [0.25, 0.3) is 0 Å². The molecule has 1 fully saturated rings. The van der Waals surface area contributed by atoms with Crippen LogP contribution in [0.1, 0.15) is 42.5 Å². The number of hydrogen-bond acceptors (Lipinski definition) is 5. The van der Waals surface area contributed by atoms with Crippen molar-refractivity contribution in [2.75, 3.05) is 20.7 Å². The van der Waals surface area contributed by atoms with Crippen LogP contribution in [-0.2, 0) is 12.8 Å². The van der Waals surface area contributed by atoms with E-state index in [1.54, 1.807) is 6.33 Å². The standard InChI is InChI=1S/C18H25N3OS/c1-21(2)13-8-6-12(7-9-13)10-22-17-16-14-4-3-5-15(14)23-18(16)20-11-19-17/h11-13H,3-10H2,1-2H3. The van der Waals surface area contributed by atoms with Crippen molar-refractivity contribution >= 4 is 21.6 Å². The van der Waals surface area contributed by atoms with E-state index in [2.05, 4.69) is 29.0 Å². The highest BCUT2D eigenvalue weighted by atomic mass is 32.1. The molecule has 0 saturated heterocycles. The summed E-state index contributed by atoms with van der Waals surface area (Å²) in [5.74, 6) is 1.49. The van der Waals surface area contributed by atoms with E-state index in [-0.39, 0.29) is 0 Å². The van der Waals surface area contributed by atoms with Gasteiger partial charge in [0.15, 0.2) is 0 Å². The summed E-state index contributed by atoms with van der Waals surface area (Å²) in [6.45, 7) is 0.802. The minimum absolute atomic E-state index is 0.669. The molecule has 0 atom stereocenters. The van der Waals surface area contributed by atoms with Crippen LogP contribution in [0.4, 0.5) is 0 Å². The maximum atomic E-state index is 6.18. The highest BCUT2D eigenvalue weighted by Gasteiger charge is 2.25. The molecule has 124 valence electrons. The monoisotopic (exact) mass is 331 g/mol. The number of thiophene rings is 1. The van der Waals surface area contributed by atoms with Crippen molar-refractivity contribution in [3.05, 3.63) is 16.8 Å². The zero-order valence-corrected chi connectivity index (χ0v) is 14.9. The van der Waals surface area contributed by atoms with Gasteiger partial charge < -0.3 is 9.64 Å². The number of aryl methyl sites for hydroxylation is 2. The summed E-state index contributed by atoms with van der Waals surface area (Å²) < 4.78 is 6.18. The Labute approximate surface area is 141 Å². The van der Waals surface area contributed by atoms with Crippen molar-refractivity contribution < 1.29 is 4.74 Å². The van der Waals surface area contributed by atoms with Gasteiger partial charge in [-0.1, -0.05) is 0 Å². The topological polar surface area (TPSA) is 38.2 Å². The molecule has 2 aromatic rings. The van der Waals surface area contributed by atoms with Gasteiger partial charge in [0.2, 0.25) is 5.88 Å². The normalized spacial score (nSPS) is 24.3. The SMILES string of the molecule is CN(C)C1CCC(COc2ncnc3sc4c(c23)CCC4)CC1. The van der Waals surface area contributed by atoms with Gasteiger partial charge in [0, 0.05) is 10.9 Å². The maximum Gasteiger partial charge on any atom is 0.225 e. The second kappa shape index (κ2) is 6.36. The molecule has 4 nitrogen and oxygen atoms in total. The number of fused-ring (bicyclic) bond motifs is 3. The zero-order valence-electron chi connectivity index (χ0n) is 14.0. The van der Waals surface area contributed by atoms with Gasteiger partial charge in [0.05, 0.1) is 12.0 Å². The number of ether oxygens (including phenoxy) is 1. The first kappa shape index (κ1) is 15.3. The van der Waals surface area contributed by atoms with Gasteiger partial charge in [-0.15, -0.1) is 11.3 Å². The van der Waals surface area contributed by atoms with Crippen LogP contribution in [0.3, 0.4) is 0 Å². The van der Waals surface area contributed by atoms with Crippen molar-refractivity contribution in [3.8, 4) is 5.88 Å². The van der Waals surface area contributed by atoms with Gasteiger partial charge >= 0.3 is 0 Å². The van der Waals surface area contributed by atoms with Crippen molar-refractivity contribution in [2.45, 2.75) is 51.0 Å². The van der Waals surface area contributed by atoms with Gasteiger partial charge in [-0.2, -0.15) is 0 Å². The van der Waals surface area contributed by atoms with Gasteiger partial charge in [-0.05, 0) is 70.5 Å². The Morgan fingerprint density at radius 2 is 2.00 bits per heavy atom. The number of aromatic nitrogens is 2. The molecule has 23 heavy (non-hydrogen) atoms. The van der Waals surface area contributed by atoms with Crippen LogP contribution in [0.5, 0.6) is 5.88 Å². The molecular weight excluding hydrogens is 306 g/mol. The molecule has 2 aromatic heterocycles. The van der Waals surface area contributed by atoms with Crippen molar-refractivity contribution in [1.82, 2.24) is 14.9 Å². The number of rotatable bonds is 4. The lowest BCUT2D eigenvalue weighted by atomic mass is 9.86. The Kier molecular flexibility index (Phi) is 4.24. The Morgan fingerprint density at radius 3 is 2.78 bits per heavy atom. The minimum Gasteiger partial charge on any atom is -0.477 e. The third-order valence-corrected chi connectivity index (χ3v) is 6.67. The molecule has 0 aliphatic heterocycles. The highest BCUT2D eigenvalue weighted by molar-refractivity contribution is 7.18. The van der Waals surface area contributed by atoms with Crippen molar-refractivity contribution in [2.24, 2.45) is 5.92 Å². The van der Waals surface area contributed by atoms with Crippen LogP contribution in [0, 0.1) is 5.92 Å². The van der Waals surface area contributed by atoms with Crippen LogP contribution in [-0.4, -0.2) is 41.6 Å². The average molecular weight is 331 g/mol. The first-order valence-corrected chi connectivity index (χ1v) is 9.58. The third kappa shape index (κ3) is 2.96. The zero-order chi connectivity index (χ0) is 15.8. The summed E-state index contributed by atoms with van der Waals surface area (Å²) in [4.78, 5) is 13.9. The summed E-state index contributed by atoms with van der Waals surface area (Å²) in [5, 5.41) is 1.20. The molecular formula is C18H25N3OS. The minimum atomic E-state index is 0.669. The van der Waals surface area contributed by atoms with Crippen LogP contribution in [0.25, 0.3) is 10.2 Å².